The zero-order valence-electron chi connectivity index (χ0n) is 36.3. The van der Waals surface area contributed by atoms with E-state index in [1.165, 1.54) is 68.8 Å². The molecule has 0 aliphatic carbocycles. The van der Waals surface area contributed by atoms with Crippen LogP contribution in [0, 0.1) is 0 Å². The van der Waals surface area contributed by atoms with Crippen molar-refractivity contribution in [2.75, 3.05) is 35.5 Å². The third kappa shape index (κ3) is 13.6. The molecule has 0 fully saturated rings. The molecule has 0 aromatic heterocycles. The number of ketones is 2. The Hall–Kier alpha value is -6.43. The molecule has 5 rings (SSSR count). The van der Waals surface area contributed by atoms with Crippen LogP contribution >= 0.6 is 58.0 Å². The Morgan fingerprint density at radius 1 is 0.582 bits per heavy atom. The highest BCUT2D eigenvalue weighted by Crippen LogP contribution is 2.34. The average molecular weight is 1010 g/mol. The topological polar surface area (TPSA) is 218 Å². The summed E-state index contributed by atoms with van der Waals surface area (Å²) in [5.74, 6) is -2.90. The number of methoxy groups -OCH3 is 2. The molecule has 3 atom stereocenters. The molecule has 3 unspecified atom stereocenters. The number of Topliss-reactive ketones (excluding diaryl/α,β-unsaturated/α-hetero) is 2. The van der Waals surface area contributed by atoms with Crippen LogP contribution in [0.15, 0.2) is 111 Å². The molecule has 0 heterocycles. The molecule has 0 saturated carbocycles. The minimum atomic E-state index is -1.65. The molecule has 0 aliphatic heterocycles. The van der Waals surface area contributed by atoms with Gasteiger partial charge in [0.05, 0.1) is 40.8 Å². The summed E-state index contributed by atoms with van der Waals surface area (Å²) in [4.78, 5) is 78.8. The van der Waals surface area contributed by atoms with E-state index in [4.69, 9.17) is 67.5 Å². The van der Waals surface area contributed by atoms with E-state index in [2.05, 4.69) is 41.7 Å². The van der Waals surface area contributed by atoms with Crippen molar-refractivity contribution in [3.8, 4) is 11.5 Å². The van der Waals surface area contributed by atoms with Crippen molar-refractivity contribution < 1.29 is 38.2 Å². The van der Waals surface area contributed by atoms with Crippen molar-refractivity contribution in [3.05, 3.63) is 129 Å². The van der Waals surface area contributed by atoms with E-state index in [0.717, 1.165) is 13.8 Å². The van der Waals surface area contributed by atoms with Crippen molar-refractivity contribution in [2.45, 2.75) is 50.0 Å². The maximum absolute atomic E-state index is 13.5. The number of azo groups is 2. The van der Waals surface area contributed by atoms with Gasteiger partial charge in [0.2, 0.25) is 12.1 Å². The van der Waals surface area contributed by atoms with Crippen LogP contribution in [0.2, 0.25) is 10.0 Å². The van der Waals surface area contributed by atoms with Crippen molar-refractivity contribution in [3.63, 3.8) is 0 Å². The third-order valence-electron chi connectivity index (χ3n) is 9.51. The van der Waals surface area contributed by atoms with E-state index in [9.17, 15) is 28.8 Å². The Labute approximate surface area is 409 Å². The average Bonchev–Trinajstić information content (AvgIpc) is 3.29. The minimum absolute atomic E-state index is 0.00492. The van der Waals surface area contributed by atoms with Crippen LogP contribution in [0.5, 0.6) is 11.5 Å². The lowest BCUT2D eigenvalue weighted by atomic mass is 10.1. The van der Waals surface area contributed by atoms with Crippen LogP contribution in [0.25, 0.3) is 0 Å². The lowest BCUT2D eigenvalue weighted by Gasteiger charge is -2.17. The normalized spacial score (nSPS) is 12.5. The van der Waals surface area contributed by atoms with Gasteiger partial charge in [-0.2, -0.15) is 20.5 Å². The second kappa shape index (κ2) is 23.8. The van der Waals surface area contributed by atoms with E-state index in [1.807, 2.05) is 0 Å². The molecule has 16 nitrogen and oxygen atoms in total. The largest absolute Gasteiger partial charge is 0.497 e. The van der Waals surface area contributed by atoms with Gasteiger partial charge in [0, 0.05) is 46.6 Å². The summed E-state index contributed by atoms with van der Waals surface area (Å²) in [7, 11) is 2.96. The van der Waals surface area contributed by atoms with Crippen LogP contribution in [0.4, 0.5) is 34.1 Å². The van der Waals surface area contributed by atoms with E-state index in [1.54, 1.807) is 43.3 Å². The SMILES string of the molecule is COc1cc(CCl)cc(NC(=O)c2cccc(N=NC(C(C)=O)C(=O)Nc3ccc(NC(=O)C(N=Nc4cccc(C(=O)Nc5cc(CCl)cc(OC)c5)c4Cl)C(C)=O)c(C(C)Cl)c3)c2Cl)c1. The number of nitrogens with zero attached hydrogens (tertiary/aromatic N) is 4. The lowest BCUT2D eigenvalue weighted by Crippen LogP contribution is -2.32. The van der Waals surface area contributed by atoms with Crippen LogP contribution < -0.4 is 30.7 Å². The van der Waals surface area contributed by atoms with Crippen molar-refractivity contribution >= 4 is 127 Å². The summed E-state index contributed by atoms with van der Waals surface area (Å²) >= 11 is 31.6. The second-order valence-electron chi connectivity index (χ2n) is 14.4. The smallest absolute Gasteiger partial charge is 0.258 e. The molecule has 21 heteroatoms. The van der Waals surface area contributed by atoms with Crippen LogP contribution in [0.3, 0.4) is 0 Å². The Balaban J connectivity index is 1.28. The number of hydrogen-bond acceptors (Lipinski definition) is 12. The molecule has 4 N–H and O–H groups in total. The first-order chi connectivity index (χ1) is 32.0. The number of anilines is 4. The van der Waals surface area contributed by atoms with E-state index in [-0.39, 0.29) is 55.7 Å². The number of alkyl halides is 3. The van der Waals surface area contributed by atoms with Crippen LogP contribution in [0.1, 0.15) is 63.6 Å². The van der Waals surface area contributed by atoms with Crippen molar-refractivity contribution in [1.29, 1.82) is 0 Å². The maximum atomic E-state index is 13.5. The summed E-state index contributed by atoms with van der Waals surface area (Å²) in [5, 5.41) is 25.8. The van der Waals surface area contributed by atoms with E-state index in [0.29, 0.717) is 39.6 Å². The molecular weight excluding hydrogens is 970 g/mol. The van der Waals surface area contributed by atoms with Gasteiger partial charge in [-0.05, 0) is 104 Å². The number of amides is 4. The van der Waals surface area contributed by atoms with E-state index < -0.39 is 52.7 Å². The van der Waals surface area contributed by atoms with Gasteiger partial charge in [-0.25, -0.2) is 0 Å². The van der Waals surface area contributed by atoms with Crippen molar-refractivity contribution in [1.82, 2.24) is 0 Å². The minimum Gasteiger partial charge on any atom is -0.497 e. The number of carbonyl (C=O) groups is 6. The van der Waals surface area contributed by atoms with Crippen LogP contribution in [-0.4, -0.2) is 61.5 Å². The molecular formula is C46H41Cl5N8O8. The van der Waals surface area contributed by atoms with E-state index >= 15 is 0 Å². The molecule has 0 radical (unpaired) electrons. The molecule has 348 valence electrons. The summed E-state index contributed by atoms with van der Waals surface area (Å²) in [5.41, 5.74) is 2.97. The highest BCUT2D eigenvalue weighted by Gasteiger charge is 2.27. The predicted octanol–water partition coefficient (Wildman–Crippen LogP) is 11.7. The van der Waals surface area contributed by atoms with Gasteiger partial charge >= 0.3 is 0 Å². The van der Waals surface area contributed by atoms with Gasteiger partial charge in [0.15, 0.2) is 11.6 Å². The third-order valence-corrected chi connectivity index (χ3v) is 11.2. The fourth-order valence-corrected chi connectivity index (χ4v) is 7.16. The first kappa shape index (κ1) is 51.6. The monoisotopic (exact) mass is 1010 g/mol. The van der Waals surface area contributed by atoms with Gasteiger partial charge in [0.1, 0.15) is 22.9 Å². The fraction of sp³-hybridized carbons (Fsp3) is 0.217. The summed E-state index contributed by atoms with van der Waals surface area (Å²) in [6.45, 7) is 3.90. The summed E-state index contributed by atoms with van der Waals surface area (Å²) < 4.78 is 10.6. The van der Waals surface area contributed by atoms with Gasteiger partial charge in [-0.1, -0.05) is 35.3 Å². The van der Waals surface area contributed by atoms with Gasteiger partial charge in [0.25, 0.3) is 23.6 Å². The molecule has 0 aliphatic rings. The first-order valence-corrected chi connectivity index (χ1v) is 22.1. The number of hydrogen-bond donors (Lipinski definition) is 4. The number of nitrogens with one attached hydrogen (secondary N) is 4. The number of rotatable bonds is 19. The summed E-state index contributed by atoms with van der Waals surface area (Å²) in [6.07, 6.45) is 0. The highest BCUT2D eigenvalue weighted by atomic mass is 35.5. The number of halogens is 5. The molecule has 5 aromatic carbocycles. The Bertz CT molecular complexity index is 2740. The zero-order valence-corrected chi connectivity index (χ0v) is 40.0. The fourth-order valence-electron chi connectivity index (χ4n) is 6.17. The molecule has 0 spiro atoms. The molecule has 67 heavy (non-hydrogen) atoms. The van der Waals surface area contributed by atoms with Crippen molar-refractivity contribution in [2.24, 2.45) is 20.5 Å². The van der Waals surface area contributed by atoms with Crippen LogP contribution in [-0.2, 0) is 30.9 Å². The standard InChI is InChI=1S/C46H41Cl5N8O8/c1-23(49)35-20-28(52-45(64)41(24(2)60)58-56-37-10-6-8-33(39(37)50)43(62)53-29-14-26(21-47)16-31(18-29)66-4)12-13-36(35)55-46(65)42(25(3)61)59-57-38-11-7-9-34(40(38)51)44(63)54-30-15-27(22-48)17-32(19-30)67-5/h6-20,23,41-42H,21-22H2,1-5H3,(H,52,64)(H,53,62)(H,54,63)(H,55,65). The van der Waals surface area contributed by atoms with Gasteiger partial charge in [-0.15, -0.1) is 34.8 Å². The molecule has 4 amide bonds. The lowest BCUT2D eigenvalue weighted by molar-refractivity contribution is -0.127. The Kier molecular flexibility index (Phi) is 18.3. The first-order valence-electron chi connectivity index (χ1n) is 19.9. The number of carbonyl (C=O) groups excluding carboxylic acids is 6. The van der Waals surface area contributed by atoms with Gasteiger partial charge in [-0.3, -0.25) is 28.8 Å². The number of benzene rings is 5. The Morgan fingerprint density at radius 2 is 1.03 bits per heavy atom. The molecule has 0 saturated heterocycles. The highest BCUT2D eigenvalue weighted by molar-refractivity contribution is 6.37. The Morgan fingerprint density at radius 3 is 1.43 bits per heavy atom. The zero-order chi connectivity index (χ0) is 48.9. The van der Waals surface area contributed by atoms with Gasteiger partial charge < -0.3 is 30.7 Å². The summed E-state index contributed by atoms with van der Waals surface area (Å²) in [6, 6.07) is 19.9. The maximum Gasteiger partial charge on any atom is 0.258 e. The predicted molar refractivity (Wildman–Crippen MR) is 260 cm³/mol. The molecule has 5 aromatic rings. The molecule has 0 bridgehead atoms. The number of ether oxygens (including phenoxy) is 2. The second-order valence-corrected chi connectivity index (χ2v) is 16.4. The quantitative estimate of drug-likeness (QED) is 0.0353.